The molecular weight excluding hydrogens is 394 g/mol. The molecule has 144 valence electrons. The summed E-state index contributed by atoms with van der Waals surface area (Å²) in [5.41, 5.74) is 2.95. The molecule has 1 amide bonds. The Morgan fingerprint density at radius 3 is 2.68 bits per heavy atom. The van der Waals surface area contributed by atoms with Crippen molar-refractivity contribution in [3.63, 3.8) is 0 Å². The molecule has 0 unspecified atom stereocenters. The Morgan fingerprint density at radius 1 is 1.14 bits per heavy atom. The molecule has 0 aliphatic carbocycles. The van der Waals surface area contributed by atoms with Gasteiger partial charge in [-0.15, -0.1) is 11.3 Å². The van der Waals surface area contributed by atoms with Crippen LogP contribution < -0.4 is 14.5 Å². The van der Waals surface area contributed by atoms with Crippen LogP contribution in [0.5, 0.6) is 11.6 Å². The molecule has 28 heavy (non-hydrogen) atoms. The fraction of sp³-hybridized carbons (Fsp3) is 0.238. The number of aryl methyl sites for hydroxylation is 2. The number of carbonyl (C=O) groups is 1. The molecule has 2 aromatic carbocycles. The van der Waals surface area contributed by atoms with Crippen LogP contribution in [0.1, 0.15) is 20.2 Å². The third-order valence-electron chi connectivity index (χ3n) is 4.68. The van der Waals surface area contributed by atoms with Gasteiger partial charge in [-0.2, -0.15) is 0 Å². The number of thiazole rings is 1. The number of nitrogens with zero attached hydrogens (tertiary/aromatic N) is 3. The second kappa shape index (κ2) is 7.45. The summed E-state index contributed by atoms with van der Waals surface area (Å²) in [5, 5.41) is 1.25. The maximum absolute atomic E-state index is 13.4. The Balaban J connectivity index is 1.70. The number of aromatic nitrogens is 1. The lowest BCUT2D eigenvalue weighted by atomic mass is 10.1. The normalized spacial score (nSPS) is 13.4. The summed E-state index contributed by atoms with van der Waals surface area (Å²) in [5.74, 6) is 0.695. The van der Waals surface area contributed by atoms with Crippen molar-refractivity contribution < 1.29 is 9.53 Å². The van der Waals surface area contributed by atoms with E-state index in [0.29, 0.717) is 28.1 Å². The monoisotopic (exact) mass is 413 g/mol. The van der Waals surface area contributed by atoms with Gasteiger partial charge >= 0.3 is 0 Å². The molecule has 0 bridgehead atoms. The number of para-hydroxylation sites is 2. The number of likely N-dealkylation sites (N-methyl/N-ethyl adjacent to an activating group) is 1. The quantitative estimate of drug-likeness (QED) is 0.584. The second-order valence-corrected chi connectivity index (χ2v) is 8.38. The van der Waals surface area contributed by atoms with Crippen LogP contribution in [0.3, 0.4) is 0 Å². The first-order valence-electron chi connectivity index (χ1n) is 8.97. The molecule has 5 nitrogen and oxygen atoms in total. The van der Waals surface area contributed by atoms with E-state index in [0.717, 1.165) is 28.5 Å². The maximum Gasteiger partial charge on any atom is 0.274 e. The average Bonchev–Trinajstić information content (AvgIpc) is 3.05. The largest absolute Gasteiger partial charge is 0.436 e. The number of hydrogen-bond donors (Lipinski definition) is 0. The van der Waals surface area contributed by atoms with E-state index < -0.39 is 0 Å². The molecule has 0 fully saturated rings. The van der Waals surface area contributed by atoms with E-state index in [-0.39, 0.29) is 5.91 Å². The molecule has 0 atom stereocenters. The first kappa shape index (κ1) is 18.8. The summed E-state index contributed by atoms with van der Waals surface area (Å²) in [6.45, 7) is 5.20. The van der Waals surface area contributed by atoms with E-state index in [2.05, 4.69) is 9.88 Å². The third kappa shape index (κ3) is 3.45. The first-order chi connectivity index (χ1) is 13.4. The number of carbonyl (C=O) groups excluding carboxylic acids is 1. The van der Waals surface area contributed by atoms with Crippen molar-refractivity contribution in [1.82, 2.24) is 4.98 Å². The minimum atomic E-state index is -0.107. The van der Waals surface area contributed by atoms with Gasteiger partial charge < -0.3 is 14.5 Å². The van der Waals surface area contributed by atoms with Crippen molar-refractivity contribution in [3.05, 3.63) is 62.9 Å². The molecule has 0 radical (unpaired) electrons. The van der Waals surface area contributed by atoms with Gasteiger partial charge in [0.2, 0.25) is 5.88 Å². The van der Waals surface area contributed by atoms with E-state index in [1.807, 2.05) is 57.3 Å². The highest BCUT2D eigenvalue weighted by Gasteiger charge is 2.30. The number of benzene rings is 2. The number of ether oxygens (including phenoxy) is 1. The van der Waals surface area contributed by atoms with Crippen molar-refractivity contribution in [2.24, 2.45) is 0 Å². The SMILES string of the molecule is Cc1ccc(Cl)c(Oc2nc(C)sc2C(=O)N2CCN(C)c3ccccc32)c1. The molecule has 1 aromatic heterocycles. The fourth-order valence-corrected chi connectivity index (χ4v) is 4.20. The minimum Gasteiger partial charge on any atom is -0.436 e. The maximum atomic E-state index is 13.4. The minimum absolute atomic E-state index is 0.107. The summed E-state index contributed by atoms with van der Waals surface area (Å²) in [4.78, 5) is 22.3. The van der Waals surface area contributed by atoms with Crippen LogP contribution in [0.4, 0.5) is 11.4 Å². The van der Waals surface area contributed by atoms with Crippen molar-refractivity contribution in [1.29, 1.82) is 0 Å². The summed E-state index contributed by atoms with van der Waals surface area (Å²) in [6, 6.07) is 13.5. The Hall–Kier alpha value is -2.57. The molecule has 0 N–H and O–H groups in total. The lowest BCUT2D eigenvalue weighted by molar-refractivity contribution is 0.0988. The van der Waals surface area contributed by atoms with Gasteiger partial charge in [-0.25, -0.2) is 4.98 Å². The van der Waals surface area contributed by atoms with Crippen LogP contribution in [-0.2, 0) is 0 Å². The molecule has 3 aromatic rings. The smallest absolute Gasteiger partial charge is 0.274 e. The number of fused-ring (bicyclic) bond motifs is 1. The van der Waals surface area contributed by atoms with Crippen LogP contribution in [0, 0.1) is 13.8 Å². The Bertz CT molecular complexity index is 1050. The molecule has 2 heterocycles. The molecule has 7 heteroatoms. The van der Waals surface area contributed by atoms with Gasteiger partial charge in [-0.1, -0.05) is 29.8 Å². The number of halogens is 1. The Morgan fingerprint density at radius 2 is 1.89 bits per heavy atom. The van der Waals surface area contributed by atoms with Crippen LogP contribution in [0.2, 0.25) is 5.02 Å². The number of amides is 1. The van der Waals surface area contributed by atoms with Crippen molar-refractivity contribution >= 4 is 40.2 Å². The van der Waals surface area contributed by atoms with Crippen molar-refractivity contribution in [2.45, 2.75) is 13.8 Å². The number of hydrogen-bond acceptors (Lipinski definition) is 5. The summed E-state index contributed by atoms with van der Waals surface area (Å²) < 4.78 is 5.97. The number of anilines is 2. The second-order valence-electron chi connectivity index (χ2n) is 6.77. The predicted octanol–water partition coefficient (Wildman–Crippen LogP) is 5.30. The van der Waals surface area contributed by atoms with Gasteiger partial charge in [0.15, 0.2) is 4.88 Å². The lowest BCUT2D eigenvalue weighted by Crippen LogP contribution is -2.42. The zero-order valence-electron chi connectivity index (χ0n) is 15.9. The van der Waals surface area contributed by atoms with Gasteiger partial charge in [0.25, 0.3) is 5.91 Å². The van der Waals surface area contributed by atoms with Crippen molar-refractivity contribution in [3.8, 4) is 11.6 Å². The zero-order chi connectivity index (χ0) is 19.8. The Labute approximate surface area is 173 Å². The zero-order valence-corrected chi connectivity index (χ0v) is 17.5. The Kier molecular flexibility index (Phi) is 5.00. The molecule has 0 saturated heterocycles. The highest BCUT2D eigenvalue weighted by molar-refractivity contribution is 7.14. The van der Waals surface area contributed by atoms with E-state index in [1.54, 1.807) is 11.0 Å². The van der Waals surface area contributed by atoms with Crippen LogP contribution in [0.25, 0.3) is 0 Å². The third-order valence-corrected chi connectivity index (χ3v) is 5.93. The lowest BCUT2D eigenvalue weighted by Gasteiger charge is -2.35. The molecule has 0 saturated carbocycles. The van der Waals surface area contributed by atoms with Gasteiger partial charge in [0, 0.05) is 20.1 Å². The molecule has 1 aliphatic rings. The summed E-state index contributed by atoms with van der Waals surface area (Å²) in [7, 11) is 2.03. The van der Waals surface area contributed by atoms with Gasteiger partial charge in [0.05, 0.1) is 21.4 Å². The van der Waals surface area contributed by atoms with Crippen LogP contribution >= 0.6 is 22.9 Å². The first-order valence-corrected chi connectivity index (χ1v) is 10.2. The van der Waals surface area contributed by atoms with Gasteiger partial charge in [0.1, 0.15) is 5.75 Å². The summed E-state index contributed by atoms with van der Waals surface area (Å²) >= 11 is 7.60. The highest BCUT2D eigenvalue weighted by Crippen LogP contribution is 2.37. The predicted molar refractivity (Wildman–Crippen MR) is 115 cm³/mol. The van der Waals surface area contributed by atoms with Crippen LogP contribution in [0.15, 0.2) is 42.5 Å². The number of rotatable bonds is 3. The van der Waals surface area contributed by atoms with E-state index in [9.17, 15) is 4.79 Å². The standard InChI is InChI=1S/C21H20ClN3O2S/c1-13-8-9-15(22)18(12-13)27-20-19(28-14(2)23-20)21(26)25-11-10-24(3)16-6-4-5-7-17(16)25/h4-9,12H,10-11H2,1-3H3. The van der Waals surface area contributed by atoms with Crippen molar-refractivity contribution in [2.75, 3.05) is 29.9 Å². The van der Waals surface area contributed by atoms with Crippen LogP contribution in [-0.4, -0.2) is 31.0 Å². The topological polar surface area (TPSA) is 45.7 Å². The molecule has 1 aliphatic heterocycles. The van der Waals surface area contributed by atoms with E-state index in [1.165, 1.54) is 11.3 Å². The summed E-state index contributed by atoms with van der Waals surface area (Å²) in [6.07, 6.45) is 0. The molecule has 4 rings (SSSR count). The highest BCUT2D eigenvalue weighted by atomic mass is 35.5. The van der Waals surface area contributed by atoms with E-state index >= 15 is 0 Å². The van der Waals surface area contributed by atoms with Gasteiger partial charge in [-0.05, 0) is 43.7 Å². The fourth-order valence-electron chi connectivity index (χ4n) is 3.24. The average molecular weight is 414 g/mol. The molecule has 0 spiro atoms. The van der Waals surface area contributed by atoms with Gasteiger partial charge in [-0.3, -0.25) is 4.79 Å². The van der Waals surface area contributed by atoms with E-state index in [4.69, 9.17) is 16.3 Å². The molecular formula is C21H20ClN3O2S.